The Balaban J connectivity index is 1.81. The third-order valence-electron chi connectivity index (χ3n) is 4.01. The van der Waals surface area contributed by atoms with Gasteiger partial charge in [0.25, 0.3) is 0 Å². The third kappa shape index (κ3) is 5.02. The zero-order valence-corrected chi connectivity index (χ0v) is 13.3. The van der Waals surface area contributed by atoms with Crippen LogP contribution in [0, 0.1) is 6.92 Å². The lowest BCUT2D eigenvalue weighted by Crippen LogP contribution is -2.49. The number of nitrogens with two attached hydrogens (primary N) is 1. The van der Waals surface area contributed by atoms with E-state index in [2.05, 4.69) is 53.1 Å². The largest absolute Gasteiger partial charge is 0.370 e. The van der Waals surface area contributed by atoms with Gasteiger partial charge in [0.05, 0.1) is 6.54 Å². The fourth-order valence-electron chi connectivity index (χ4n) is 2.43. The van der Waals surface area contributed by atoms with Gasteiger partial charge in [-0.25, -0.2) is 0 Å². The van der Waals surface area contributed by atoms with E-state index in [1.165, 1.54) is 5.56 Å². The quantitative estimate of drug-likeness (QED) is 0.649. The van der Waals surface area contributed by atoms with Gasteiger partial charge in [-0.05, 0) is 33.0 Å². The minimum absolute atomic E-state index is 0.428. The summed E-state index contributed by atoms with van der Waals surface area (Å²) in [6, 6.07) is 8.57. The predicted octanol–water partition coefficient (Wildman–Crippen LogP) is 1.36. The van der Waals surface area contributed by atoms with Crippen LogP contribution in [0.3, 0.4) is 0 Å². The minimum atomic E-state index is 0.428. The summed E-state index contributed by atoms with van der Waals surface area (Å²) in [6.07, 6.45) is 0. The highest BCUT2D eigenvalue weighted by Crippen LogP contribution is 2.08. The monoisotopic (exact) mass is 289 g/mol. The molecule has 3 N–H and O–H groups in total. The molecule has 21 heavy (non-hydrogen) atoms. The van der Waals surface area contributed by atoms with E-state index < -0.39 is 0 Å². The van der Waals surface area contributed by atoms with Crippen molar-refractivity contribution in [3.63, 3.8) is 0 Å². The Kier molecular flexibility index (Phi) is 5.59. The first-order valence-electron chi connectivity index (χ1n) is 7.61. The molecular formula is C16H27N5. The van der Waals surface area contributed by atoms with E-state index in [1.807, 2.05) is 12.1 Å². The van der Waals surface area contributed by atoms with Gasteiger partial charge in [-0.3, -0.25) is 9.89 Å². The van der Waals surface area contributed by atoms with Crippen molar-refractivity contribution in [2.24, 2.45) is 10.7 Å². The molecule has 2 rings (SSSR count). The standard InChI is InChI=1S/C16H27N5/c1-13-4-6-15(7-5-13)19-16(17)18-12-14(2)21-10-8-20(3)9-11-21/h4-7,14H,8-12H2,1-3H3,(H3,17,18,19). The predicted molar refractivity (Wildman–Crippen MR) is 89.8 cm³/mol. The van der Waals surface area contributed by atoms with Gasteiger partial charge in [0.15, 0.2) is 5.96 Å². The Bertz CT molecular complexity index is 460. The van der Waals surface area contributed by atoms with Crippen LogP contribution in [0.5, 0.6) is 0 Å². The summed E-state index contributed by atoms with van der Waals surface area (Å²) in [7, 11) is 2.17. The topological polar surface area (TPSA) is 56.9 Å². The normalized spacial score (nSPS) is 19.5. The van der Waals surface area contributed by atoms with Gasteiger partial charge in [-0.15, -0.1) is 0 Å². The fraction of sp³-hybridized carbons (Fsp3) is 0.562. The summed E-state index contributed by atoms with van der Waals surface area (Å²) < 4.78 is 0. The zero-order valence-electron chi connectivity index (χ0n) is 13.3. The summed E-state index contributed by atoms with van der Waals surface area (Å²) in [4.78, 5) is 9.30. The van der Waals surface area contributed by atoms with Crippen LogP contribution in [-0.2, 0) is 0 Å². The molecule has 0 aliphatic carbocycles. The van der Waals surface area contributed by atoms with Crippen LogP contribution in [0.1, 0.15) is 12.5 Å². The molecule has 1 atom stereocenters. The van der Waals surface area contributed by atoms with Crippen LogP contribution in [0.25, 0.3) is 0 Å². The summed E-state index contributed by atoms with van der Waals surface area (Å²) in [5.74, 6) is 0.486. The van der Waals surface area contributed by atoms with Crippen LogP contribution >= 0.6 is 0 Å². The summed E-state index contributed by atoms with van der Waals surface area (Å²) >= 11 is 0. The molecule has 1 fully saturated rings. The molecule has 0 radical (unpaired) electrons. The molecule has 1 heterocycles. The van der Waals surface area contributed by atoms with Crippen molar-refractivity contribution >= 4 is 11.6 Å². The van der Waals surface area contributed by atoms with Gasteiger partial charge in [-0.1, -0.05) is 17.7 Å². The molecule has 1 aliphatic heterocycles. The Morgan fingerprint density at radius 3 is 2.48 bits per heavy atom. The second kappa shape index (κ2) is 7.43. The maximum atomic E-state index is 5.96. The molecule has 1 aromatic rings. The second-order valence-corrected chi connectivity index (χ2v) is 5.91. The van der Waals surface area contributed by atoms with Crippen LogP contribution in [-0.4, -0.2) is 61.6 Å². The maximum Gasteiger partial charge on any atom is 0.193 e. The number of likely N-dealkylation sites (N-methyl/N-ethyl adjacent to an activating group) is 1. The number of hydrogen-bond donors (Lipinski definition) is 2. The number of nitrogens with one attached hydrogen (secondary N) is 1. The van der Waals surface area contributed by atoms with Gasteiger partial charge < -0.3 is 16.0 Å². The van der Waals surface area contributed by atoms with Crippen molar-refractivity contribution in [3.05, 3.63) is 29.8 Å². The lowest BCUT2D eigenvalue weighted by molar-refractivity contribution is 0.122. The SMILES string of the molecule is Cc1ccc(NC(N)=NCC(C)N2CCN(C)CC2)cc1. The number of aliphatic imine (C=N–C) groups is 1. The fourth-order valence-corrected chi connectivity index (χ4v) is 2.43. The van der Waals surface area contributed by atoms with E-state index in [0.29, 0.717) is 12.0 Å². The summed E-state index contributed by atoms with van der Waals surface area (Å²) in [5, 5.41) is 3.14. The average Bonchev–Trinajstić information content (AvgIpc) is 2.48. The molecule has 1 aliphatic rings. The molecule has 1 unspecified atom stereocenters. The van der Waals surface area contributed by atoms with E-state index >= 15 is 0 Å². The molecule has 0 spiro atoms. The number of nitrogens with zero attached hydrogens (tertiary/aromatic N) is 3. The molecule has 1 saturated heterocycles. The second-order valence-electron chi connectivity index (χ2n) is 5.91. The molecule has 0 bridgehead atoms. The first-order valence-corrected chi connectivity index (χ1v) is 7.61. The van der Waals surface area contributed by atoms with Crippen LogP contribution in [0.2, 0.25) is 0 Å². The van der Waals surface area contributed by atoms with Crippen molar-refractivity contribution < 1.29 is 0 Å². The Morgan fingerprint density at radius 2 is 1.86 bits per heavy atom. The van der Waals surface area contributed by atoms with Gasteiger partial charge in [0, 0.05) is 37.9 Å². The molecule has 116 valence electrons. The molecule has 0 amide bonds. The molecule has 0 saturated carbocycles. The highest BCUT2D eigenvalue weighted by Gasteiger charge is 2.18. The van der Waals surface area contributed by atoms with Gasteiger partial charge in [0.2, 0.25) is 0 Å². The third-order valence-corrected chi connectivity index (χ3v) is 4.01. The summed E-state index contributed by atoms with van der Waals surface area (Å²) in [5.41, 5.74) is 8.17. The lowest BCUT2D eigenvalue weighted by Gasteiger charge is -2.35. The molecule has 1 aromatic carbocycles. The van der Waals surface area contributed by atoms with E-state index in [-0.39, 0.29) is 0 Å². The molecule has 5 nitrogen and oxygen atoms in total. The number of piperazine rings is 1. The van der Waals surface area contributed by atoms with E-state index in [0.717, 1.165) is 38.4 Å². The first kappa shape index (κ1) is 15.8. The lowest BCUT2D eigenvalue weighted by atomic mass is 10.2. The highest BCUT2D eigenvalue weighted by molar-refractivity contribution is 5.92. The average molecular weight is 289 g/mol. The van der Waals surface area contributed by atoms with Crippen LogP contribution < -0.4 is 11.1 Å². The maximum absolute atomic E-state index is 5.96. The van der Waals surface area contributed by atoms with E-state index in [1.54, 1.807) is 0 Å². The molecular weight excluding hydrogens is 262 g/mol. The van der Waals surface area contributed by atoms with Crippen LogP contribution in [0.15, 0.2) is 29.3 Å². The van der Waals surface area contributed by atoms with E-state index in [9.17, 15) is 0 Å². The van der Waals surface area contributed by atoms with Gasteiger partial charge in [-0.2, -0.15) is 0 Å². The number of aryl methyl sites for hydroxylation is 1. The van der Waals surface area contributed by atoms with Gasteiger partial charge >= 0.3 is 0 Å². The number of hydrogen-bond acceptors (Lipinski definition) is 3. The number of benzene rings is 1. The van der Waals surface area contributed by atoms with Crippen molar-refractivity contribution in [3.8, 4) is 0 Å². The Hall–Kier alpha value is -1.59. The number of rotatable bonds is 4. The molecule has 5 heteroatoms. The summed E-state index contributed by atoms with van der Waals surface area (Å²) in [6.45, 7) is 9.49. The van der Waals surface area contributed by atoms with Crippen LogP contribution in [0.4, 0.5) is 5.69 Å². The Morgan fingerprint density at radius 1 is 1.24 bits per heavy atom. The number of guanidine groups is 1. The first-order chi connectivity index (χ1) is 10.0. The van der Waals surface area contributed by atoms with Crippen molar-refractivity contribution in [1.29, 1.82) is 0 Å². The molecule has 0 aromatic heterocycles. The zero-order chi connectivity index (χ0) is 15.2. The smallest absolute Gasteiger partial charge is 0.193 e. The van der Waals surface area contributed by atoms with Gasteiger partial charge in [0.1, 0.15) is 0 Å². The minimum Gasteiger partial charge on any atom is -0.370 e. The van der Waals surface area contributed by atoms with Crippen molar-refractivity contribution in [2.75, 3.05) is 45.1 Å². The van der Waals surface area contributed by atoms with Crippen molar-refractivity contribution in [1.82, 2.24) is 9.80 Å². The Labute approximate surface area is 127 Å². The number of anilines is 1. The van der Waals surface area contributed by atoms with E-state index in [4.69, 9.17) is 5.73 Å². The highest BCUT2D eigenvalue weighted by atomic mass is 15.3. The van der Waals surface area contributed by atoms with Crippen molar-refractivity contribution in [2.45, 2.75) is 19.9 Å².